The number of anilines is 2. The topological polar surface area (TPSA) is 110 Å². The summed E-state index contributed by atoms with van der Waals surface area (Å²) < 4.78 is 0. The van der Waals surface area contributed by atoms with Gasteiger partial charge in [-0.2, -0.15) is 10.2 Å². The molecule has 178 valence electrons. The van der Waals surface area contributed by atoms with Crippen molar-refractivity contribution in [3.8, 4) is 0 Å². The molecule has 2 N–H and O–H groups in total. The minimum Gasteiger partial charge on any atom is -0.309 e. The lowest BCUT2D eigenvalue weighted by Crippen LogP contribution is -2.15. The van der Waals surface area contributed by atoms with Gasteiger partial charge in [-0.3, -0.25) is 9.59 Å². The number of thiophene rings is 2. The van der Waals surface area contributed by atoms with Gasteiger partial charge in [-0.25, -0.2) is 0 Å². The van der Waals surface area contributed by atoms with Crippen LogP contribution in [0.2, 0.25) is 0 Å². The molecular weight excluding hydrogens is 480 g/mol. The van der Waals surface area contributed by atoms with Crippen molar-refractivity contribution in [2.45, 2.75) is 32.1 Å². The van der Waals surface area contributed by atoms with Crippen LogP contribution < -0.4 is 10.6 Å². The molecule has 0 bridgehead atoms. The fourth-order valence-electron chi connectivity index (χ4n) is 3.94. The highest BCUT2D eigenvalue weighted by Crippen LogP contribution is 2.42. The number of carbonyl (C=O) groups excluding carboxylic acids is 2. The largest absolute Gasteiger partial charge is 0.309 e. The second-order valence-corrected chi connectivity index (χ2v) is 10.7. The van der Waals surface area contributed by atoms with Crippen LogP contribution >= 0.6 is 22.7 Å². The lowest BCUT2D eigenvalue weighted by molar-refractivity contribution is -0.116. The highest BCUT2D eigenvalue weighted by Gasteiger charge is 2.37. The van der Waals surface area contributed by atoms with E-state index in [0.717, 1.165) is 40.4 Å². The predicted octanol–water partition coefficient (Wildman–Crippen LogP) is 4.17. The van der Waals surface area contributed by atoms with E-state index in [2.05, 4.69) is 31.0 Å². The van der Waals surface area contributed by atoms with Crippen molar-refractivity contribution in [1.29, 1.82) is 0 Å². The molecule has 35 heavy (non-hydrogen) atoms. The van der Waals surface area contributed by atoms with Crippen LogP contribution in [-0.2, 0) is 35.3 Å². The van der Waals surface area contributed by atoms with Gasteiger partial charge in [-0.05, 0) is 78.3 Å². The second-order valence-electron chi connectivity index (χ2n) is 8.59. The van der Waals surface area contributed by atoms with E-state index in [1.54, 1.807) is 22.7 Å². The summed E-state index contributed by atoms with van der Waals surface area (Å²) in [5, 5.41) is 26.4. The van der Waals surface area contributed by atoms with Crippen LogP contribution in [0, 0.1) is 11.8 Å². The predicted molar refractivity (Wildman–Crippen MR) is 136 cm³/mol. The van der Waals surface area contributed by atoms with Gasteiger partial charge in [0.25, 0.3) is 0 Å². The summed E-state index contributed by atoms with van der Waals surface area (Å²) in [6.45, 7) is 0. The van der Waals surface area contributed by atoms with Crippen LogP contribution in [0.15, 0.2) is 59.3 Å². The molecule has 10 heteroatoms. The first-order chi connectivity index (χ1) is 17.1. The maximum atomic E-state index is 12.1. The number of hydrogen-bond donors (Lipinski definition) is 2. The van der Waals surface area contributed by atoms with Crippen molar-refractivity contribution < 1.29 is 9.59 Å². The van der Waals surface area contributed by atoms with Crippen molar-refractivity contribution in [3.63, 3.8) is 0 Å². The Morgan fingerprint density at radius 3 is 1.57 bits per heavy atom. The molecule has 8 nitrogen and oxygen atoms in total. The first-order valence-electron chi connectivity index (χ1n) is 11.4. The summed E-state index contributed by atoms with van der Waals surface area (Å²) in [6, 6.07) is 15.2. The average molecular weight is 505 g/mol. The van der Waals surface area contributed by atoms with Crippen molar-refractivity contribution in [2.75, 3.05) is 10.6 Å². The fraction of sp³-hybridized carbons (Fsp3) is 0.280. The molecule has 0 spiro atoms. The van der Waals surface area contributed by atoms with E-state index in [4.69, 9.17) is 0 Å². The van der Waals surface area contributed by atoms with E-state index >= 15 is 0 Å². The molecule has 0 aromatic carbocycles. The number of hydrogen-bond acceptors (Lipinski definition) is 8. The molecule has 2 amide bonds. The van der Waals surface area contributed by atoms with Crippen molar-refractivity contribution in [2.24, 2.45) is 11.8 Å². The lowest BCUT2D eigenvalue weighted by atomic mass is 10.1. The summed E-state index contributed by atoms with van der Waals surface area (Å²) in [5.41, 5.74) is 1.84. The van der Waals surface area contributed by atoms with Crippen LogP contribution in [-0.4, -0.2) is 32.2 Å². The zero-order valence-electron chi connectivity index (χ0n) is 18.9. The van der Waals surface area contributed by atoms with E-state index < -0.39 is 0 Å². The third kappa shape index (κ3) is 6.77. The fourth-order valence-corrected chi connectivity index (χ4v) is 5.34. The molecule has 0 unspecified atom stereocenters. The van der Waals surface area contributed by atoms with E-state index in [9.17, 15) is 9.59 Å². The van der Waals surface area contributed by atoms with E-state index in [0.29, 0.717) is 36.3 Å². The zero-order chi connectivity index (χ0) is 24.0. The van der Waals surface area contributed by atoms with Gasteiger partial charge in [0.15, 0.2) is 11.6 Å². The molecule has 4 aromatic rings. The lowest BCUT2D eigenvalue weighted by Gasteiger charge is -2.05. The molecule has 5 rings (SSSR count). The summed E-state index contributed by atoms with van der Waals surface area (Å²) >= 11 is 3.12. The van der Waals surface area contributed by atoms with Gasteiger partial charge in [-0.15, -0.1) is 32.9 Å². The minimum atomic E-state index is -0.0917. The SMILES string of the molecule is O=C(Cc1cccs1)Nc1ccc(C[C@@H]2C[C@H]2Cc2ccc(NC(=O)Cc3cccs3)nn2)nn1. The van der Waals surface area contributed by atoms with Gasteiger partial charge in [0.2, 0.25) is 11.8 Å². The van der Waals surface area contributed by atoms with Crippen LogP contribution in [0.4, 0.5) is 11.6 Å². The summed E-state index contributed by atoms with van der Waals surface area (Å²) in [7, 11) is 0. The third-order valence-electron chi connectivity index (χ3n) is 5.82. The number of amides is 2. The minimum absolute atomic E-state index is 0.0917. The van der Waals surface area contributed by atoms with E-state index in [1.165, 1.54) is 0 Å². The Morgan fingerprint density at radius 1 is 0.714 bits per heavy atom. The maximum absolute atomic E-state index is 12.1. The van der Waals surface area contributed by atoms with Gasteiger partial charge < -0.3 is 10.6 Å². The maximum Gasteiger partial charge on any atom is 0.230 e. The van der Waals surface area contributed by atoms with E-state index in [1.807, 2.05) is 59.3 Å². The second kappa shape index (κ2) is 10.8. The van der Waals surface area contributed by atoms with Gasteiger partial charge in [0.05, 0.1) is 24.2 Å². The smallest absolute Gasteiger partial charge is 0.230 e. The summed E-state index contributed by atoms with van der Waals surface area (Å²) in [6.07, 6.45) is 3.51. The monoisotopic (exact) mass is 504 g/mol. The number of nitrogens with one attached hydrogen (secondary N) is 2. The zero-order valence-corrected chi connectivity index (χ0v) is 20.5. The first kappa shape index (κ1) is 23.3. The molecule has 1 aliphatic rings. The van der Waals surface area contributed by atoms with Crippen LogP contribution in [0.5, 0.6) is 0 Å². The Labute approximate surface area is 210 Å². The Hall–Kier alpha value is -3.50. The number of rotatable bonds is 10. The van der Waals surface area contributed by atoms with Crippen molar-refractivity contribution in [1.82, 2.24) is 20.4 Å². The Morgan fingerprint density at radius 2 is 1.20 bits per heavy atom. The molecule has 0 saturated heterocycles. The number of nitrogens with zero attached hydrogens (tertiary/aromatic N) is 4. The van der Waals surface area contributed by atoms with Gasteiger partial charge in [0.1, 0.15) is 0 Å². The normalized spacial score (nSPS) is 16.6. The highest BCUT2D eigenvalue weighted by atomic mass is 32.1. The Bertz CT molecular complexity index is 1160. The molecule has 4 aromatic heterocycles. The van der Waals surface area contributed by atoms with Crippen molar-refractivity contribution in [3.05, 3.63) is 80.4 Å². The quantitative estimate of drug-likeness (QED) is 0.335. The molecule has 4 heterocycles. The standard InChI is InChI=1S/C25H24N6O2S2/c32-24(14-20-3-1-9-34-20)26-22-7-5-18(28-30-22)12-16-11-17(16)13-19-6-8-23(31-29-19)27-25(33)15-21-4-2-10-35-21/h1-10,16-17H,11-15H2,(H,26,30,32)(H,27,31,33)/t16-,17-/m0/s1. The van der Waals surface area contributed by atoms with E-state index in [-0.39, 0.29) is 11.8 Å². The summed E-state index contributed by atoms with van der Waals surface area (Å²) in [4.78, 5) is 26.2. The molecule has 0 radical (unpaired) electrons. The molecular formula is C25H24N6O2S2. The first-order valence-corrected chi connectivity index (χ1v) is 13.2. The van der Waals surface area contributed by atoms with Crippen LogP contribution in [0.25, 0.3) is 0 Å². The molecule has 1 aliphatic carbocycles. The van der Waals surface area contributed by atoms with Crippen LogP contribution in [0.3, 0.4) is 0 Å². The third-order valence-corrected chi connectivity index (χ3v) is 7.57. The Balaban J connectivity index is 1.05. The molecule has 1 fully saturated rings. The van der Waals surface area contributed by atoms with Gasteiger partial charge >= 0.3 is 0 Å². The number of aromatic nitrogens is 4. The molecule has 0 aliphatic heterocycles. The highest BCUT2D eigenvalue weighted by molar-refractivity contribution is 7.10. The van der Waals surface area contributed by atoms with Gasteiger partial charge in [-0.1, -0.05) is 12.1 Å². The summed E-state index contributed by atoms with van der Waals surface area (Å²) in [5.74, 6) is 1.84. The average Bonchev–Trinajstić information content (AvgIpc) is 3.21. The van der Waals surface area contributed by atoms with Gasteiger partial charge in [0, 0.05) is 9.75 Å². The molecule has 2 atom stereocenters. The van der Waals surface area contributed by atoms with Crippen LogP contribution in [0.1, 0.15) is 27.6 Å². The van der Waals surface area contributed by atoms with Crippen molar-refractivity contribution >= 4 is 46.1 Å². The Kier molecular flexibility index (Phi) is 7.20. The number of carbonyl (C=O) groups is 2. The molecule has 1 saturated carbocycles.